The number of carbonyl (C=O) groups excluding carboxylic acids is 1. The molecular formula is C46H48FN15O9S2. The third-order valence-electron chi connectivity index (χ3n) is 10.4. The summed E-state index contributed by atoms with van der Waals surface area (Å²) < 4.78 is 84.5. The average molecular weight is 1040 g/mol. The number of nitrogens with one attached hydrogen (secondary N) is 5. The minimum absolute atomic E-state index is 0.0506. The summed E-state index contributed by atoms with van der Waals surface area (Å²) >= 11 is 0. The van der Waals surface area contributed by atoms with E-state index in [1.54, 1.807) is 68.4 Å². The van der Waals surface area contributed by atoms with Crippen LogP contribution in [-0.2, 0) is 26.7 Å². The van der Waals surface area contributed by atoms with Crippen molar-refractivity contribution in [2.24, 2.45) is 25.6 Å². The van der Waals surface area contributed by atoms with Crippen LogP contribution in [0.15, 0.2) is 114 Å². The number of carbonyl (C=O) groups is 1. The van der Waals surface area contributed by atoms with E-state index in [-0.39, 0.29) is 90.0 Å². The SMILES string of the molecule is CCCCc1ccc(N=Nc2c(NCCCNc3nc(F)nc(Nc4cc(S(=O)(=O)O)cc(NN=C(N=Nc5cc(C)ccc5C=O)c5ccccc5)c4O)n3)nc(NCCO)c(C#N)c2C)c(S(=O)(=O)O)c1. The van der Waals surface area contributed by atoms with Crippen molar-refractivity contribution in [3.8, 4) is 11.8 Å². The van der Waals surface area contributed by atoms with E-state index < -0.39 is 53.5 Å². The number of unbranched alkanes of at least 4 members (excludes halogenated alkanes) is 1. The Balaban J connectivity index is 1.21. The fourth-order valence-corrected chi connectivity index (χ4v) is 7.90. The minimum atomic E-state index is -4.94. The van der Waals surface area contributed by atoms with Crippen molar-refractivity contribution < 1.29 is 45.3 Å². The average Bonchev–Trinajstić information content (AvgIpc) is 3.35. The van der Waals surface area contributed by atoms with Crippen molar-refractivity contribution in [2.45, 2.75) is 56.2 Å². The van der Waals surface area contributed by atoms with E-state index in [0.717, 1.165) is 30.5 Å². The summed E-state index contributed by atoms with van der Waals surface area (Å²) in [6.45, 7) is 5.35. The molecule has 73 heavy (non-hydrogen) atoms. The number of hydrogen-bond donors (Lipinski definition) is 9. The van der Waals surface area contributed by atoms with Gasteiger partial charge in [0.25, 0.3) is 20.2 Å². The smallest absolute Gasteiger partial charge is 0.315 e. The van der Waals surface area contributed by atoms with E-state index >= 15 is 0 Å². The Labute approximate surface area is 418 Å². The molecule has 6 rings (SSSR count). The molecule has 0 aliphatic heterocycles. The van der Waals surface area contributed by atoms with Crippen molar-refractivity contribution in [2.75, 3.05) is 52.9 Å². The van der Waals surface area contributed by atoms with Gasteiger partial charge < -0.3 is 31.5 Å². The summed E-state index contributed by atoms with van der Waals surface area (Å²) in [5.74, 6) is -1.32. The zero-order valence-corrected chi connectivity index (χ0v) is 40.9. The highest BCUT2D eigenvalue weighted by molar-refractivity contribution is 7.86. The topological polar surface area (TPSA) is 364 Å². The number of halogens is 1. The number of aryl methyl sites for hydroxylation is 2. The number of aliphatic hydroxyl groups excluding tert-OH is 1. The quantitative estimate of drug-likeness (QED) is 0.00426. The lowest BCUT2D eigenvalue weighted by molar-refractivity contribution is 0.112. The predicted octanol–water partition coefficient (Wildman–Crippen LogP) is 8.28. The Morgan fingerprint density at radius 1 is 0.795 bits per heavy atom. The Morgan fingerprint density at radius 3 is 2.22 bits per heavy atom. The lowest BCUT2D eigenvalue weighted by Gasteiger charge is -2.15. The fraction of sp³-hybridized carbons (Fsp3) is 0.239. The first kappa shape index (κ1) is 53.9. The van der Waals surface area contributed by atoms with Gasteiger partial charge in [-0.3, -0.25) is 19.3 Å². The number of pyridine rings is 1. The summed E-state index contributed by atoms with van der Waals surface area (Å²) in [6, 6.07) is 21.5. The molecule has 0 spiro atoms. The molecule has 0 aliphatic carbocycles. The maximum atomic E-state index is 14.9. The fourth-order valence-electron chi connectivity index (χ4n) is 6.69. The van der Waals surface area contributed by atoms with Crippen LogP contribution in [0.4, 0.5) is 56.4 Å². The number of aromatic nitrogens is 4. The van der Waals surface area contributed by atoms with E-state index in [9.17, 15) is 50.6 Å². The first-order chi connectivity index (χ1) is 34.9. The van der Waals surface area contributed by atoms with Crippen molar-refractivity contribution >= 4 is 84.3 Å². The second-order valence-corrected chi connectivity index (χ2v) is 18.5. The highest BCUT2D eigenvalue weighted by Crippen LogP contribution is 2.38. The van der Waals surface area contributed by atoms with E-state index in [0.29, 0.717) is 29.4 Å². The van der Waals surface area contributed by atoms with Crippen LogP contribution in [0, 0.1) is 31.3 Å². The van der Waals surface area contributed by atoms with Gasteiger partial charge in [-0.2, -0.15) is 46.5 Å². The number of phenols is 1. The summed E-state index contributed by atoms with van der Waals surface area (Å²) in [5.41, 5.74) is 4.39. The van der Waals surface area contributed by atoms with Crippen LogP contribution >= 0.6 is 0 Å². The highest BCUT2D eigenvalue weighted by atomic mass is 32.2. The van der Waals surface area contributed by atoms with E-state index in [1.165, 1.54) is 12.1 Å². The molecule has 0 atom stereocenters. The van der Waals surface area contributed by atoms with Gasteiger partial charge in [-0.1, -0.05) is 55.8 Å². The number of aliphatic hydroxyl groups is 1. The van der Waals surface area contributed by atoms with Gasteiger partial charge in [0.2, 0.25) is 17.7 Å². The summed E-state index contributed by atoms with van der Waals surface area (Å²) in [5, 5.41) is 63.2. The van der Waals surface area contributed by atoms with Crippen molar-refractivity contribution in [1.29, 1.82) is 5.26 Å². The van der Waals surface area contributed by atoms with E-state index in [4.69, 9.17) is 0 Å². The van der Waals surface area contributed by atoms with Gasteiger partial charge in [0.1, 0.15) is 33.8 Å². The maximum Gasteiger partial charge on any atom is 0.315 e. The number of nitriles is 1. The maximum absolute atomic E-state index is 14.9. The normalized spacial score (nSPS) is 11.9. The number of nitrogens with zero attached hydrogens (tertiary/aromatic N) is 10. The third-order valence-corrected chi connectivity index (χ3v) is 12.1. The van der Waals surface area contributed by atoms with Crippen LogP contribution in [0.25, 0.3) is 0 Å². The van der Waals surface area contributed by atoms with Crippen LogP contribution in [0.5, 0.6) is 5.75 Å². The van der Waals surface area contributed by atoms with Gasteiger partial charge >= 0.3 is 6.08 Å². The Morgan fingerprint density at radius 2 is 1.52 bits per heavy atom. The summed E-state index contributed by atoms with van der Waals surface area (Å²) in [4.78, 5) is 26.4. The zero-order valence-electron chi connectivity index (χ0n) is 39.2. The molecule has 0 radical (unpaired) electrons. The number of hydrogen-bond acceptors (Lipinski definition) is 21. The minimum Gasteiger partial charge on any atom is -0.504 e. The molecule has 0 saturated heterocycles. The predicted molar refractivity (Wildman–Crippen MR) is 269 cm³/mol. The molecular weight excluding hydrogens is 990 g/mol. The number of aldehydes is 1. The molecule has 24 nitrogen and oxygen atoms in total. The van der Waals surface area contributed by atoms with Gasteiger partial charge in [0.05, 0.1) is 28.4 Å². The molecule has 0 saturated carbocycles. The molecule has 380 valence electrons. The van der Waals surface area contributed by atoms with Crippen LogP contribution in [0.2, 0.25) is 0 Å². The molecule has 0 bridgehead atoms. The molecule has 6 aromatic rings. The Hall–Kier alpha value is -8.42. The molecule has 0 amide bonds. The van der Waals surface area contributed by atoms with Gasteiger partial charge in [-0.05, 0) is 80.6 Å². The van der Waals surface area contributed by atoms with E-state index in [1.807, 2.05) is 6.92 Å². The second-order valence-electron chi connectivity index (χ2n) is 15.7. The number of azo groups is 2. The van der Waals surface area contributed by atoms with Crippen molar-refractivity contribution in [3.63, 3.8) is 0 Å². The largest absolute Gasteiger partial charge is 0.504 e. The van der Waals surface area contributed by atoms with Crippen LogP contribution in [0.3, 0.4) is 0 Å². The Bertz CT molecular complexity index is 3360. The number of rotatable bonds is 23. The molecule has 0 unspecified atom stereocenters. The monoisotopic (exact) mass is 1040 g/mol. The standard InChI is InChI=1S/C46H48FN15O9S2/c1-4-5-10-29-14-16-34(38(22-29)73(69,70)71)57-60-39-28(3)33(25-48)42(50-19-20-63)53-43(39)49-17-9-18-51-45-54-44(47)55-46(56-45)52-36-23-32(72(66,67)68)24-37(40(36)65)59-62-41(30-11-7-6-8-12-30)61-58-35-21-27(2)13-15-31(35)26-64/h6-8,11-16,21-24,26,59,63,65H,4-5,9-10,17-20H2,1-3H3,(H2,49,50,53)(H,66,67,68)(H,69,70,71)(H2,51,52,54,55,56). The van der Waals surface area contributed by atoms with Crippen molar-refractivity contribution in [3.05, 3.63) is 118 Å². The number of amidine groups is 1. The van der Waals surface area contributed by atoms with E-state index in [2.05, 4.69) is 78.3 Å². The van der Waals surface area contributed by atoms with Gasteiger partial charge in [-0.25, -0.2) is 4.98 Å². The third kappa shape index (κ3) is 14.6. The Kier molecular flexibility index (Phi) is 18.2. The number of anilines is 6. The highest BCUT2D eigenvalue weighted by Gasteiger charge is 2.22. The summed E-state index contributed by atoms with van der Waals surface area (Å²) in [6.07, 6.45) is 1.81. The second kappa shape index (κ2) is 24.6. The number of aromatic hydroxyl groups is 1. The van der Waals surface area contributed by atoms with Gasteiger partial charge in [-0.15, -0.1) is 20.5 Å². The van der Waals surface area contributed by atoms with Crippen molar-refractivity contribution in [1.82, 2.24) is 19.9 Å². The lowest BCUT2D eigenvalue weighted by Crippen LogP contribution is -2.15. The molecule has 27 heteroatoms. The first-order valence-corrected chi connectivity index (χ1v) is 25.0. The summed E-state index contributed by atoms with van der Waals surface area (Å²) in [7, 11) is -9.65. The lowest BCUT2D eigenvalue weighted by atomic mass is 10.1. The van der Waals surface area contributed by atoms with Crippen LogP contribution < -0.4 is 26.7 Å². The molecule has 0 fully saturated rings. The number of hydrazone groups is 1. The van der Waals surface area contributed by atoms with Gasteiger partial charge in [0, 0.05) is 36.3 Å². The zero-order chi connectivity index (χ0) is 52.7. The molecule has 2 heterocycles. The number of benzene rings is 4. The molecule has 4 aromatic carbocycles. The van der Waals surface area contributed by atoms with Gasteiger partial charge in [0.15, 0.2) is 17.9 Å². The van der Waals surface area contributed by atoms with Crippen LogP contribution in [-0.4, -0.2) is 94.5 Å². The molecule has 9 N–H and O–H groups in total. The van der Waals surface area contributed by atoms with Crippen LogP contribution in [0.1, 0.15) is 64.4 Å². The molecule has 2 aromatic heterocycles. The molecule has 0 aliphatic rings. The number of phenolic OH excluding ortho intramolecular Hbond substituents is 1. The first-order valence-electron chi connectivity index (χ1n) is 22.1.